The zero-order valence-corrected chi connectivity index (χ0v) is 13.0. The molecule has 1 aromatic carbocycles. The highest BCUT2D eigenvalue weighted by Gasteiger charge is 2.30. The van der Waals surface area contributed by atoms with Crippen LogP contribution in [-0.2, 0) is 4.79 Å². The Labute approximate surface area is 133 Å². The maximum atomic E-state index is 12.1. The molecular formula is C15H17Cl2NO3. The van der Waals surface area contributed by atoms with Crippen molar-refractivity contribution < 1.29 is 14.7 Å². The van der Waals surface area contributed by atoms with Gasteiger partial charge in [-0.05, 0) is 37.0 Å². The van der Waals surface area contributed by atoms with Crippen molar-refractivity contribution in [2.45, 2.75) is 25.7 Å². The number of hydrogen-bond acceptors (Lipinski definition) is 2. The first-order valence-electron chi connectivity index (χ1n) is 6.95. The van der Waals surface area contributed by atoms with E-state index < -0.39 is 5.97 Å². The first kappa shape index (κ1) is 16.1. The van der Waals surface area contributed by atoms with E-state index in [9.17, 15) is 14.7 Å². The average Bonchev–Trinajstić information content (AvgIpc) is 2.45. The van der Waals surface area contributed by atoms with E-state index in [1.54, 1.807) is 12.1 Å². The second kappa shape index (κ2) is 7.14. The summed E-state index contributed by atoms with van der Waals surface area (Å²) in [7, 11) is 0. The van der Waals surface area contributed by atoms with Gasteiger partial charge in [-0.2, -0.15) is 0 Å². The van der Waals surface area contributed by atoms with Gasteiger partial charge in [-0.15, -0.1) is 0 Å². The van der Waals surface area contributed by atoms with E-state index >= 15 is 0 Å². The number of hydrogen-bond donors (Lipinski definition) is 2. The lowest BCUT2D eigenvalue weighted by Gasteiger charge is -2.28. The van der Waals surface area contributed by atoms with Gasteiger partial charge in [0.1, 0.15) is 0 Å². The van der Waals surface area contributed by atoms with E-state index in [-0.39, 0.29) is 17.7 Å². The van der Waals surface area contributed by atoms with Crippen LogP contribution in [0, 0.1) is 11.8 Å². The Morgan fingerprint density at radius 3 is 2.62 bits per heavy atom. The number of carboxylic acids is 1. The van der Waals surface area contributed by atoms with E-state index in [2.05, 4.69) is 5.32 Å². The lowest BCUT2D eigenvalue weighted by atomic mass is 9.79. The molecule has 0 aromatic heterocycles. The third kappa shape index (κ3) is 4.11. The molecule has 4 nitrogen and oxygen atoms in total. The van der Waals surface area contributed by atoms with Crippen molar-refractivity contribution in [2.75, 3.05) is 6.54 Å². The van der Waals surface area contributed by atoms with Crippen molar-refractivity contribution >= 4 is 35.1 Å². The summed E-state index contributed by atoms with van der Waals surface area (Å²) in [5.41, 5.74) is 0.351. The van der Waals surface area contributed by atoms with Crippen molar-refractivity contribution in [2.24, 2.45) is 11.8 Å². The molecule has 2 N–H and O–H groups in total. The van der Waals surface area contributed by atoms with Crippen molar-refractivity contribution in [3.05, 3.63) is 33.8 Å². The summed E-state index contributed by atoms with van der Waals surface area (Å²) in [6.07, 6.45) is 3.44. The number of carbonyl (C=O) groups is 2. The minimum Gasteiger partial charge on any atom is -0.481 e. The summed E-state index contributed by atoms with van der Waals surface area (Å²) in [6.45, 7) is 0.356. The van der Waals surface area contributed by atoms with E-state index in [0.29, 0.717) is 28.6 Å². The molecule has 21 heavy (non-hydrogen) atoms. The molecule has 6 heteroatoms. The summed E-state index contributed by atoms with van der Waals surface area (Å²) in [4.78, 5) is 23.3. The molecule has 1 amide bonds. The maximum absolute atomic E-state index is 12.1. The Kier molecular flexibility index (Phi) is 5.48. The summed E-state index contributed by atoms with van der Waals surface area (Å²) in [6, 6.07) is 4.68. The van der Waals surface area contributed by atoms with E-state index in [0.717, 1.165) is 19.3 Å². The van der Waals surface area contributed by atoms with Gasteiger partial charge in [0.05, 0.1) is 16.5 Å². The second-order valence-electron chi connectivity index (χ2n) is 5.32. The van der Waals surface area contributed by atoms with Gasteiger partial charge in [0.2, 0.25) is 0 Å². The van der Waals surface area contributed by atoms with Gasteiger partial charge in [0, 0.05) is 11.6 Å². The minimum absolute atomic E-state index is 0.0220. The van der Waals surface area contributed by atoms with Crippen LogP contribution < -0.4 is 5.32 Å². The molecule has 1 aliphatic carbocycles. The van der Waals surface area contributed by atoms with Gasteiger partial charge in [0.25, 0.3) is 5.91 Å². The SMILES string of the molecule is O=C(NCC1CCCCC1C(=O)O)c1ccc(Cl)cc1Cl. The molecule has 1 aromatic rings. The van der Waals surface area contributed by atoms with Crippen LogP contribution in [-0.4, -0.2) is 23.5 Å². The van der Waals surface area contributed by atoms with Gasteiger partial charge >= 0.3 is 5.97 Å². The number of rotatable bonds is 4. The number of amides is 1. The van der Waals surface area contributed by atoms with E-state index in [1.165, 1.54) is 6.07 Å². The smallest absolute Gasteiger partial charge is 0.306 e. The predicted octanol–water partition coefficient (Wildman–Crippen LogP) is 3.61. The minimum atomic E-state index is -0.779. The van der Waals surface area contributed by atoms with Gasteiger partial charge in [-0.3, -0.25) is 9.59 Å². The van der Waals surface area contributed by atoms with Gasteiger partial charge in [-0.1, -0.05) is 36.0 Å². The second-order valence-corrected chi connectivity index (χ2v) is 6.17. The van der Waals surface area contributed by atoms with E-state index in [4.69, 9.17) is 23.2 Å². The van der Waals surface area contributed by atoms with Crippen LogP contribution in [0.3, 0.4) is 0 Å². The molecule has 0 aliphatic heterocycles. The van der Waals surface area contributed by atoms with Crippen LogP contribution in [0.25, 0.3) is 0 Å². The molecule has 2 rings (SSSR count). The van der Waals surface area contributed by atoms with Crippen LogP contribution >= 0.6 is 23.2 Å². The van der Waals surface area contributed by atoms with Gasteiger partial charge in [0.15, 0.2) is 0 Å². The maximum Gasteiger partial charge on any atom is 0.306 e. The first-order chi connectivity index (χ1) is 9.99. The summed E-state index contributed by atoms with van der Waals surface area (Å²) in [5.74, 6) is -1.48. The quantitative estimate of drug-likeness (QED) is 0.886. The topological polar surface area (TPSA) is 66.4 Å². The lowest BCUT2D eigenvalue weighted by molar-refractivity contribution is -0.144. The highest BCUT2D eigenvalue weighted by atomic mass is 35.5. The van der Waals surface area contributed by atoms with Crippen LogP contribution in [0.15, 0.2) is 18.2 Å². The monoisotopic (exact) mass is 329 g/mol. The molecule has 2 atom stereocenters. The molecule has 0 heterocycles. The zero-order valence-electron chi connectivity index (χ0n) is 11.4. The Balaban J connectivity index is 1.98. The largest absolute Gasteiger partial charge is 0.481 e. The number of nitrogens with one attached hydrogen (secondary N) is 1. The lowest BCUT2D eigenvalue weighted by Crippen LogP contribution is -2.37. The normalized spacial score (nSPS) is 21.8. The Hall–Kier alpha value is -1.26. The predicted molar refractivity (Wildman–Crippen MR) is 81.9 cm³/mol. The van der Waals surface area contributed by atoms with Gasteiger partial charge < -0.3 is 10.4 Å². The molecule has 0 radical (unpaired) electrons. The van der Waals surface area contributed by atoms with E-state index in [1.807, 2.05) is 0 Å². The Morgan fingerprint density at radius 2 is 1.95 bits per heavy atom. The fourth-order valence-corrected chi connectivity index (χ4v) is 3.26. The number of aliphatic carboxylic acids is 1. The summed E-state index contributed by atoms with van der Waals surface area (Å²) >= 11 is 11.8. The summed E-state index contributed by atoms with van der Waals surface area (Å²) in [5, 5.41) is 12.8. The third-order valence-corrected chi connectivity index (χ3v) is 4.47. The summed E-state index contributed by atoms with van der Waals surface area (Å²) < 4.78 is 0. The fraction of sp³-hybridized carbons (Fsp3) is 0.467. The molecule has 0 saturated heterocycles. The number of benzene rings is 1. The molecule has 114 valence electrons. The third-order valence-electron chi connectivity index (χ3n) is 3.93. The molecule has 1 fully saturated rings. The first-order valence-corrected chi connectivity index (χ1v) is 7.70. The molecular weight excluding hydrogens is 313 g/mol. The van der Waals surface area contributed by atoms with Crippen molar-refractivity contribution in [1.82, 2.24) is 5.32 Å². The highest BCUT2D eigenvalue weighted by Crippen LogP contribution is 2.30. The number of halogens is 2. The van der Waals surface area contributed by atoms with Crippen molar-refractivity contribution in [3.63, 3.8) is 0 Å². The molecule has 2 unspecified atom stereocenters. The average molecular weight is 330 g/mol. The standard InChI is InChI=1S/C15H17Cl2NO3/c16-10-5-6-12(13(17)7-10)14(19)18-8-9-3-1-2-4-11(9)15(20)21/h5-7,9,11H,1-4,8H2,(H,18,19)(H,20,21). The van der Waals surface area contributed by atoms with Crippen LogP contribution in [0.2, 0.25) is 10.0 Å². The molecule has 0 bridgehead atoms. The van der Waals surface area contributed by atoms with Crippen LogP contribution in [0.1, 0.15) is 36.0 Å². The van der Waals surface area contributed by atoms with Crippen molar-refractivity contribution in [3.8, 4) is 0 Å². The molecule has 1 aliphatic rings. The fourth-order valence-electron chi connectivity index (χ4n) is 2.77. The molecule has 1 saturated carbocycles. The van der Waals surface area contributed by atoms with Crippen molar-refractivity contribution in [1.29, 1.82) is 0 Å². The number of carbonyl (C=O) groups excluding carboxylic acids is 1. The van der Waals surface area contributed by atoms with Gasteiger partial charge in [-0.25, -0.2) is 0 Å². The Morgan fingerprint density at radius 1 is 1.24 bits per heavy atom. The highest BCUT2D eigenvalue weighted by molar-refractivity contribution is 6.36. The van der Waals surface area contributed by atoms with Crippen LogP contribution in [0.4, 0.5) is 0 Å². The molecule has 0 spiro atoms. The van der Waals surface area contributed by atoms with Crippen LogP contribution in [0.5, 0.6) is 0 Å². The zero-order chi connectivity index (χ0) is 15.4. The number of carboxylic acid groups (broad SMARTS) is 1. The Bertz CT molecular complexity index is 548.